The molecular formula is C21H23N3O2. The summed E-state index contributed by atoms with van der Waals surface area (Å²) < 4.78 is 0. The van der Waals surface area contributed by atoms with E-state index >= 15 is 0 Å². The van der Waals surface area contributed by atoms with Crippen molar-refractivity contribution < 1.29 is 4.79 Å². The number of nitrogens with zero attached hydrogens (tertiary/aromatic N) is 2. The molecule has 0 radical (unpaired) electrons. The Labute approximate surface area is 152 Å². The number of rotatable bonds is 5. The van der Waals surface area contributed by atoms with Crippen molar-refractivity contribution in [3.8, 4) is 0 Å². The molecule has 0 atom stereocenters. The van der Waals surface area contributed by atoms with E-state index in [0.29, 0.717) is 18.5 Å². The van der Waals surface area contributed by atoms with Crippen LogP contribution in [0, 0.1) is 13.8 Å². The van der Waals surface area contributed by atoms with Gasteiger partial charge in [-0.3, -0.25) is 14.6 Å². The highest BCUT2D eigenvalue weighted by Gasteiger charge is 2.15. The second-order valence-electron chi connectivity index (χ2n) is 6.61. The predicted molar refractivity (Wildman–Crippen MR) is 103 cm³/mol. The molecule has 134 valence electrons. The summed E-state index contributed by atoms with van der Waals surface area (Å²) in [6.07, 6.45) is 3.84. The van der Waals surface area contributed by atoms with E-state index in [4.69, 9.17) is 0 Å². The predicted octanol–water partition coefficient (Wildman–Crippen LogP) is 3.48. The number of hydrogen-bond acceptors (Lipinski definition) is 3. The maximum absolute atomic E-state index is 12.5. The fourth-order valence-corrected chi connectivity index (χ4v) is 3.01. The average molecular weight is 349 g/mol. The van der Waals surface area contributed by atoms with Crippen molar-refractivity contribution in [3.63, 3.8) is 0 Å². The summed E-state index contributed by atoms with van der Waals surface area (Å²) >= 11 is 0. The summed E-state index contributed by atoms with van der Waals surface area (Å²) in [6, 6.07) is 9.72. The van der Waals surface area contributed by atoms with Crippen LogP contribution in [0.5, 0.6) is 0 Å². The van der Waals surface area contributed by atoms with E-state index in [1.54, 1.807) is 17.3 Å². The van der Waals surface area contributed by atoms with Crippen molar-refractivity contribution in [3.05, 3.63) is 75.3 Å². The first kappa shape index (κ1) is 17.9. The van der Waals surface area contributed by atoms with Crippen LogP contribution >= 0.6 is 0 Å². The van der Waals surface area contributed by atoms with E-state index in [2.05, 4.69) is 23.0 Å². The van der Waals surface area contributed by atoms with Gasteiger partial charge >= 0.3 is 0 Å². The van der Waals surface area contributed by atoms with E-state index in [0.717, 1.165) is 22.0 Å². The molecule has 5 heteroatoms. The molecule has 0 bridgehead atoms. The maximum Gasteiger partial charge on any atom is 0.253 e. The molecule has 3 aromatic rings. The number of aromatic nitrogens is 2. The third-order valence-electron chi connectivity index (χ3n) is 4.65. The molecule has 0 unspecified atom stereocenters. The molecule has 0 aliphatic rings. The van der Waals surface area contributed by atoms with Gasteiger partial charge < -0.3 is 9.88 Å². The van der Waals surface area contributed by atoms with Gasteiger partial charge in [0.25, 0.3) is 5.56 Å². The number of fused-ring (bicyclic) bond motifs is 1. The quantitative estimate of drug-likeness (QED) is 0.767. The number of amides is 1. The lowest BCUT2D eigenvalue weighted by Crippen LogP contribution is -2.32. The van der Waals surface area contributed by atoms with Gasteiger partial charge in [-0.15, -0.1) is 0 Å². The van der Waals surface area contributed by atoms with E-state index in [9.17, 15) is 9.59 Å². The average Bonchev–Trinajstić information content (AvgIpc) is 2.63. The lowest BCUT2D eigenvalue weighted by molar-refractivity contribution is -0.132. The number of nitrogens with one attached hydrogen (secondary N) is 1. The van der Waals surface area contributed by atoms with Crippen molar-refractivity contribution in [2.45, 2.75) is 40.3 Å². The van der Waals surface area contributed by atoms with Gasteiger partial charge in [-0.05, 0) is 60.2 Å². The van der Waals surface area contributed by atoms with Crippen LogP contribution in [0.15, 0.2) is 47.5 Å². The summed E-state index contributed by atoms with van der Waals surface area (Å²) in [7, 11) is 0. The first-order chi connectivity index (χ1) is 12.5. The van der Waals surface area contributed by atoms with E-state index in [1.165, 1.54) is 5.56 Å². The molecule has 26 heavy (non-hydrogen) atoms. The van der Waals surface area contributed by atoms with E-state index in [1.807, 2.05) is 38.1 Å². The summed E-state index contributed by atoms with van der Waals surface area (Å²) in [5, 5.41) is 0.980. The van der Waals surface area contributed by atoms with Gasteiger partial charge in [0.05, 0.1) is 6.54 Å². The second kappa shape index (κ2) is 7.52. The van der Waals surface area contributed by atoms with Crippen LogP contribution in [0.1, 0.15) is 35.6 Å². The number of aryl methyl sites for hydroxylation is 2. The fourth-order valence-electron chi connectivity index (χ4n) is 3.01. The lowest BCUT2D eigenvalue weighted by Gasteiger charge is -2.22. The molecular weight excluding hydrogens is 326 g/mol. The molecule has 1 aromatic carbocycles. The van der Waals surface area contributed by atoms with E-state index in [-0.39, 0.29) is 18.0 Å². The molecule has 0 aliphatic carbocycles. The van der Waals surface area contributed by atoms with Gasteiger partial charge in [-0.2, -0.15) is 0 Å². The number of carbonyl (C=O) groups excluding carboxylic acids is 1. The monoisotopic (exact) mass is 349 g/mol. The molecule has 2 aromatic heterocycles. The normalized spacial score (nSPS) is 10.9. The van der Waals surface area contributed by atoms with Crippen molar-refractivity contribution >= 4 is 16.8 Å². The first-order valence-corrected chi connectivity index (χ1v) is 8.77. The Morgan fingerprint density at radius 3 is 2.62 bits per heavy atom. The minimum atomic E-state index is -0.152. The third kappa shape index (κ3) is 3.82. The molecule has 0 saturated carbocycles. The van der Waals surface area contributed by atoms with Crippen LogP contribution in [0.3, 0.4) is 0 Å². The van der Waals surface area contributed by atoms with Gasteiger partial charge in [-0.25, -0.2) is 0 Å². The highest BCUT2D eigenvalue weighted by molar-refractivity contribution is 5.81. The topological polar surface area (TPSA) is 66.1 Å². The minimum absolute atomic E-state index is 0.00781. The summed E-state index contributed by atoms with van der Waals surface area (Å²) in [5.41, 5.74) is 4.51. The number of benzene rings is 1. The SMILES string of the molecule is CCC(=O)N(Cc1cccnc1)Cc1cc2cc(C)c(C)cc2[nH]c1=O. The number of carbonyl (C=O) groups is 1. The number of H-pyrrole nitrogens is 1. The molecule has 0 saturated heterocycles. The minimum Gasteiger partial charge on any atom is -0.334 e. The van der Waals surface area contributed by atoms with Crippen molar-refractivity contribution in [1.82, 2.24) is 14.9 Å². The van der Waals surface area contributed by atoms with Crippen molar-refractivity contribution in [1.29, 1.82) is 0 Å². The van der Waals surface area contributed by atoms with Crippen LogP contribution < -0.4 is 5.56 Å². The fraction of sp³-hybridized carbons (Fsp3) is 0.286. The van der Waals surface area contributed by atoms with Crippen LogP contribution in [0.2, 0.25) is 0 Å². The second-order valence-corrected chi connectivity index (χ2v) is 6.61. The van der Waals surface area contributed by atoms with Crippen molar-refractivity contribution in [2.75, 3.05) is 0 Å². The number of aromatic amines is 1. The van der Waals surface area contributed by atoms with Gasteiger partial charge in [0, 0.05) is 36.4 Å². The number of hydrogen-bond donors (Lipinski definition) is 1. The standard InChI is InChI=1S/C21H23N3O2/c1-4-20(25)24(12-16-6-5-7-22-11-16)13-18-10-17-8-14(2)15(3)9-19(17)23-21(18)26/h5-11H,4,12-13H2,1-3H3,(H,23,26). The Hall–Kier alpha value is -2.95. The Bertz CT molecular complexity index is 993. The van der Waals surface area contributed by atoms with Gasteiger partial charge in [0.2, 0.25) is 5.91 Å². The summed E-state index contributed by atoms with van der Waals surface area (Å²) in [5.74, 6) is 0.00781. The Balaban J connectivity index is 1.95. The summed E-state index contributed by atoms with van der Waals surface area (Å²) in [4.78, 5) is 33.7. The van der Waals surface area contributed by atoms with Crippen LogP contribution in [0.4, 0.5) is 0 Å². The molecule has 5 nitrogen and oxygen atoms in total. The first-order valence-electron chi connectivity index (χ1n) is 8.77. The molecule has 2 heterocycles. The Morgan fingerprint density at radius 2 is 1.92 bits per heavy atom. The molecule has 1 amide bonds. The van der Waals surface area contributed by atoms with Crippen LogP contribution in [-0.2, 0) is 17.9 Å². The third-order valence-corrected chi connectivity index (χ3v) is 4.65. The van der Waals surface area contributed by atoms with Gasteiger partial charge in [0.15, 0.2) is 0 Å². The maximum atomic E-state index is 12.5. The zero-order valence-corrected chi connectivity index (χ0v) is 15.4. The molecule has 0 fully saturated rings. The molecule has 1 N–H and O–H groups in total. The van der Waals surface area contributed by atoms with Crippen LogP contribution in [0.25, 0.3) is 10.9 Å². The Morgan fingerprint density at radius 1 is 1.15 bits per heavy atom. The highest BCUT2D eigenvalue weighted by Crippen LogP contribution is 2.18. The molecule has 0 aliphatic heterocycles. The highest BCUT2D eigenvalue weighted by atomic mass is 16.2. The molecule has 3 rings (SSSR count). The largest absolute Gasteiger partial charge is 0.334 e. The lowest BCUT2D eigenvalue weighted by atomic mass is 10.0. The molecule has 0 spiro atoms. The Kier molecular flexibility index (Phi) is 5.16. The van der Waals surface area contributed by atoms with Gasteiger partial charge in [-0.1, -0.05) is 13.0 Å². The zero-order valence-electron chi connectivity index (χ0n) is 15.4. The smallest absolute Gasteiger partial charge is 0.253 e. The van der Waals surface area contributed by atoms with Crippen molar-refractivity contribution in [2.24, 2.45) is 0 Å². The zero-order chi connectivity index (χ0) is 18.7. The van der Waals surface area contributed by atoms with E-state index < -0.39 is 0 Å². The van der Waals surface area contributed by atoms with Gasteiger partial charge in [0.1, 0.15) is 0 Å². The van der Waals surface area contributed by atoms with Crippen LogP contribution in [-0.4, -0.2) is 20.8 Å². The number of pyridine rings is 2. The summed E-state index contributed by atoms with van der Waals surface area (Å²) in [6.45, 7) is 6.62.